The van der Waals surface area contributed by atoms with Crippen LogP contribution in [0, 0.1) is 5.82 Å². The molecule has 0 radical (unpaired) electrons. The fourth-order valence-electron chi connectivity index (χ4n) is 2.28. The van der Waals surface area contributed by atoms with Gasteiger partial charge in [-0.2, -0.15) is 4.98 Å². The van der Waals surface area contributed by atoms with Crippen LogP contribution in [0.25, 0.3) is 11.4 Å². The minimum absolute atomic E-state index is 0.272. The molecule has 8 heteroatoms. The lowest BCUT2D eigenvalue weighted by Crippen LogP contribution is -2.36. The Morgan fingerprint density at radius 3 is 2.73 bits per heavy atom. The third kappa shape index (κ3) is 4.80. The quantitative estimate of drug-likeness (QED) is 0.529. The van der Waals surface area contributed by atoms with Gasteiger partial charge in [0.15, 0.2) is 5.96 Å². The molecule has 6 nitrogen and oxygen atoms in total. The van der Waals surface area contributed by atoms with Crippen molar-refractivity contribution in [3.05, 3.63) is 70.8 Å². The summed E-state index contributed by atoms with van der Waals surface area (Å²) in [4.78, 5) is 8.44. The normalized spacial score (nSPS) is 11.4. The highest BCUT2D eigenvalue weighted by Gasteiger charge is 2.09. The van der Waals surface area contributed by atoms with E-state index in [9.17, 15) is 4.39 Å². The number of guanidine groups is 1. The molecule has 0 saturated heterocycles. The summed E-state index contributed by atoms with van der Waals surface area (Å²) in [6.45, 7) is 0.741. The van der Waals surface area contributed by atoms with Gasteiger partial charge in [0.2, 0.25) is 11.7 Å². The summed E-state index contributed by atoms with van der Waals surface area (Å²) in [5, 5.41) is 10.7. The van der Waals surface area contributed by atoms with Crippen LogP contribution in [0.2, 0.25) is 5.02 Å². The first kappa shape index (κ1) is 17.9. The summed E-state index contributed by atoms with van der Waals surface area (Å²) < 4.78 is 18.4. The zero-order valence-corrected chi connectivity index (χ0v) is 14.8. The van der Waals surface area contributed by atoms with E-state index in [2.05, 4.69) is 25.8 Å². The number of aliphatic imine (C=N–C) groups is 1. The average Bonchev–Trinajstić information content (AvgIpc) is 3.11. The molecule has 2 N–H and O–H groups in total. The molecule has 0 bridgehead atoms. The third-order valence-corrected chi connectivity index (χ3v) is 3.77. The second-order valence-electron chi connectivity index (χ2n) is 5.43. The lowest BCUT2D eigenvalue weighted by molar-refractivity contribution is 0.375. The van der Waals surface area contributed by atoms with Gasteiger partial charge in [0.05, 0.1) is 6.54 Å². The van der Waals surface area contributed by atoms with Gasteiger partial charge < -0.3 is 15.2 Å². The maximum atomic E-state index is 13.2. The number of benzene rings is 2. The largest absolute Gasteiger partial charge is 0.352 e. The van der Waals surface area contributed by atoms with Crippen molar-refractivity contribution in [3.8, 4) is 11.4 Å². The summed E-state index contributed by atoms with van der Waals surface area (Å²) in [6.07, 6.45) is 0. The fourth-order valence-corrected chi connectivity index (χ4v) is 2.47. The average molecular weight is 374 g/mol. The van der Waals surface area contributed by atoms with Crippen molar-refractivity contribution >= 4 is 17.6 Å². The van der Waals surface area contributed by atoms with Gasteiger partial charge in [0.1, 0.15) is 5.82 Å². The molecule has 1 aromatic heterocycles. The number of aromatic nitrogens is 2. The standard InChI is InChI=1S/C18H17ClFN5O/c1-21-18(22-10-12-4-2-7-15(20)8-12)23-11-16-24-17(25-26-16)13-5-3-6-14(19)9-13/h2-9H,10-11H2,1H3,(H2,21,22,23). The molecule has 0 aliphatic heterocycles. The molecule has 0 unspecified atom stereocenters. The van der Waals surface area contributed by atoms with E-state index in [-0.39, 0.29) is 5.82 Å². The van der Waals surface area contributed by atoms with Crippen LogP contribution in [0.3, 0.4) is 0 Å². The van der Waals surface area contributed by atoms with E-state index < -0.39 is 0 Å². The lowest BCUT2D eigenvalue weighted by atomic mass is 10.2. The van der Waals surface area contributed by atoms with Crippen LogP contribution in [0.1, 0.15) is 11.5 Å². The number of halogens is 2. The Labute approximate surface area is 155 Å². The topological polar surface area (TPSA) is 75.3 Å². The third-order valence-electron chi connectivity index (χ3n) is 3.53. The van der Waals surface area contributed by atoms with Gasteiger partial charge in [0, 0.05) is 24.2 Å². The molecule has 3 rings (SSSR count). The number of rotatable bonds is 5. The summed E-state index contributed by atoms with van der Waals surface area (Å²) in [5.41, 5.74) is 1.59. The monoisotopic (exact) mass is 373 g/mol. The Bertz CT molecular complexity index is 912. The molecule has 1 heterocycles. The molecule has 0 aliphatic carbocycles. The first-order chi connectivity index (χ1) is 12.6. The molecular formula is C18H17ClFN5O. The molecule has 0 saturated carbocycles. The van der Waals surface area contributed by atoms with Crippen LogP contribution >= 0.6 is 11.6 Å². The molecular weight excluding hydrogens is 357 g/mol. The van der Waals surface area contributed by atoms with E-state index in [1.54, 1.807) is 25.2 Å². The zero-order chi connectivity index (χ0) is 18.4. The summed E-state index contributed by atoms with van der Waals surface area (Å²) in [6, 6.07) is 13.6. The summed E-state index contributed by atoms with van der Waals surface area (Å²) in [7, 11) is 1.64. The molecule has 2 aromatic carbocycles. The number of hydrogen-bond acceptors (Lipinski definition) is 4. The molecule has 134 valence electrons. The Balaban J connectivity index is 1.56. The minimum atomic E-state index is -0.272. The van der Waals surface area contributed by atoms with Crippen molar-refractivity contribution in [3.63, 3.8) is 0 Å². The molecule has 26 heavy (non-hydrogen) atoms. The van der Waals surface area contributed by atoms with Gasteiger partial charge in [-0.25, -0.2) is 4.39 Å². The predicted molar refractivity (Wildman–Crippen MR) is 98.2 cm³/mol. The molecule has 0 spiro atoms. The zero-order valence-electron chi connectivity index (χ0n) is 14.0. The maximum absolute atomic E-state index is 13.2. The van der Waals surface area contributed by atoms with Gasteiger partial charge in [-0.15, -0.1) is 0 Å². The Morgan fingerprint density at radius 1 is 1.15 bits per heavy atom. The lowest BCUT2D eigenvalue weighted by Gasteiger charge is -2.10. The first-order valence-electron chi connectivity index (χ1n) is 7.91. The number of nitrogens with one attached hydrogen (secondary N) is 2. The van der Waals surface area contributed by atoms with Crippen LogP contribution < -0.4 is 10.6 Å². The van der Waals surface area contributed by atoms with Gasteiger partial charge in [-0.05, 0) is 29.8 Å². The van der Waals surface area contributed by atoms with Crippen molar-refractivity contribution in [1.82, 2.24) is 20.8 Å². The van der Waals surface area contributed by atoms with Crippen LogP contribution in [0.4, 0.5) is 4.39 Å². The highest BCUT2D eigenvalue weighted by molar-refractivity contribution is 6.30. The van der Waals surface area contributed by atoms with Crippen molar-refractivity contribution < 1.29 is 8.91 Å². The molecule has 0 amide bonds. The molecule has 0 fully saturated rings. The molecule has 3 aromatic rings. The Morgan fingerprint density at radius 2 is 1.96 bits per heavy atom. The Kier molecular flexibility index (Phi) is 5.80. The first-order valence-corrected chi connectivity index (χ1v) is 8.29. The van der Waals surface area contributed by atoms with E-state index >= 15 is 0 Å². The van der Waals surface area contributed by atoms with E-state index in [4.69, 9.17) is 16.1 Å². The predicted octanol–water partition coefficient (Wildman–Crippen LogP) is 3.39. The SMILES string of the molecule is CN=C(NCc1cccc(F)c1)NCc1nc(-c2cccc(Cl)c2)no1. The van der Waals surface area contributed by atoms with Crippen LogP contribution in [0.15, 0.2) is 58.0 Å². The van der Waals surface area contributed by atoms with Crippen molar-refractivity contribution in [1.29, 1.82) is 0 Å². The smallest absolute Gasteiger partial charge is 0.246 e. The maximum Gasteiger partial charge on any atom is 0.246 e. The van der Waals surface area contributed by atoms with Gasteiger partial charge in [0.25, 0.3) is 0 Å². The summed E-state index contributed by atoms with van der Waals surface area (Å²) in [5.74, 6) is 1.14. The minimum Gasteiger partial charge on any atom is -0.352 e. The van der Waals surface area contributed by atoms with E-state index in [0.717, 1.165) is 11.1 Å². The second-order valence-corrected chi connectivity index (χ2v) is 5.87. The number of nitrogens with zero attached hydrogens (tertiary/aromatic N) is 3. The van der Waals surface area contributed by atoms with E-state index in [0.29, 0.717) is 35.8 Å². The Hall–Kier alpha value is -2.93. The van der Waals surface area contributed by atoms with Crippen LogP contribution in [0.5, 0.6) is 0 Å². The van der Waals surface area contributed by atoms with Crippen molar-refractivity contribution in [2.24, 2.45) is 4.99 Å². The fraction of sp³-hybridized carbons (Fsp3) is 0.167. The summed E-state index contributed by atoms with van der Waals surface area (Å²) >= 11 is 5.97. The van der Waals surface area contributed by atoms with Gasteiger partial charge >= 0.3 is 0 Å². The van der Waals surface area contributed by atoms with Crippen molar-refractivity contribution in [2.45, 2.75) is 13.1 Å². The van der Waals surface area contributed by atoms with Crippen molar-refractivity contribution in [2.75, 3.05) is 7.05 Å². The van der Waals surface area contributed by atoms with Gasteiger partial charge in [-0.1, -0.05) is 41.0 Å². The highest BCUT2D eigenvalue weighted by atomic mass is 35.5. The second kappa shape index (κ2) is 8.44. The highest BCUT2D eigenvalue weighted by Crippen LogP contribution is 2.19. The number of hydrogen-bond donors (Lipinski definition) is 2. The van der Waals surface area contributed by atoms with E-state index in [1.807, 2.05) is 18.2 Å². The van der Waals surface area contributed by atoms with E-state index in [1.165, 1.54) is 12.1 Å². The molecule has 0 aliphatic rings. The van der Waals surface area contributed by atoms with Crippen LogP contribution in [-0.4, -0.2) is 23.1 Å². The van der Waals surface area contributed by atoms with Gasteiger partial charge in [-0.3, -0.25) is 4.99 Å². The van der Waals surface area contributed by atoms with Crippen LogP contribution in [-0.2, 0) is 13.1 Å². The molecule has 0 atom stereocenters.